The van der Waals surface area contributed by atoms with Gasteiger partial charge in [0, 0.05) is 5.39 Å². The van der Waals surface area contributed by atoms with Crippen molar-refractivity contribution in [1.29, 1.82) is 0 Å². The predicted molar refractivity (Wildman–Crippen MR) is 122 cm³/mol. The molecule has 0 aliphatic carbocycles. The number of sulfonamides is 1. The van der Waals surface area contributed by atoms with Crippen LogP contribution in [0.2, 0.25) is 0 Å². The van der Waals surface area contributed by atoms with Crippen molar-refractivity contribution >= 4 is 26.5 Å². The van der Waals surface area contributed by atoms with E-state index in [-0.39, 0.29) is 12.0 Å². The van der Waals surface area contributed by atoms with Gasteiger partial charge in [0.2, 0.25) is 0 Å². The third-order valence-corrected chi connectivity index (χ3v) is 7.92. The van der Waals surface area contributed by atoms with Gasteiger partial charge >= 0.3 is 0 Å². The molecule has 1 heterocycles. The van der Waals surface area contributed by atoms with Crippen LogP contribution in [0.5, 0.6) is 0 Å². The monoisotopic (exact) mass is 413 g/mol. The van der Waals surface area contributed by atoms with E-state index in [1.54, 1.807) is 10.4 Å². The predicted octanol–water partition coefficient (Wildman–Crippen LogP) is 6.28. The van der Waals surface area contributed by atoms with Gasteiger partial charge in [0.15, 0.2) is 0 Å². The molecule has 0 aromatic heterocycles. The SMILES string of the molecule is C[C@H]1C[C@@H](c2ccccc2)N(S(=O)(=O)c2cccc3ccccc23)c2ccccc21. The van der Waals surface area contributed by atoms with Crippen LogP contribution < -0.4 is 4.31 Å². The van der Waals surface area contributed by atoms with E-state index < -0.39 is 10.0 Å². The first-order chi connectivity index (χ1) is 14.6. The molecule has 0 bridgehead atoms. The maximum Gasteiger partial charge on any atom is 0.265 e. The van der Waals surface area contributed by atoms with E-state index in [1.165, 1.54) is 0 Å². The number of benzene rings is 4. The first kappa shape index (κ1) is 18.9. The zero-order valence-corrected chi connectivity index (χ0v) is 17.6. The van der Waals surface area contributed by atoms with Crippen LogP contribution in [0.15, 0.2) is 102 Å². The lowest BCUT2D eigenvalue weighted by Gasteiger charge is -2.41. The molecule has 4 heteroatoms. The Labute approximate surface area is 177 Å². The van der Waals surface area contributed by atoms with E-state index in [2.05, 4.69) is 6.92 Å². The lowest BCUT2D eigenvalue weighted by Crippen LogP contribution is -2.39. The Morgan fingerprint density at radius 2 is 1.43 bits per heavy atom. The molecule has 0 saturated heterocycles. The van der Waals surface area contributed by atoms with Gasteiger partial charge in [-0.05, 0) is 41.0 Å². The Hall–Kier alpha value is -3.11. The fourth-order valence-corrected chi connectivity index (χ4v) is 6.49. The molecule has 5 rings (SSSR count). The zero-order valence-electron chi connectivity index (χ0n) is 16.8. The molecule has 0 spiro atoms. The molecule has 3 nitrogen and oxygen atoms in total. The maximum atomic E-state index is 14.2. The van der Waals surface area contributed by atoms with Crippen molar-refractivity contribution in [2.45, 2.75) is 30.2 Å². The highest BCUT2D eigenvalue weighted by molar-refractivity contribution is 7.93. The molecule has 0 radical (unpaired) electrons. The van der Waals surface area contributed by atoms with Gasteiger partial charge in [0.1, 0.15) is 0 Å². The van der Waals surface area contributed by atoms with Gasteiger partial charge in [-0.3, -0.25) is 4.31 Å². The molecule has 1 aliphatic heterocycles. The molecule has 0 unspecified atom stereocenters. The van der Waals surface area contributed by atoms with Crippen LogP contribution in [-0.2, 0) is 10.0 Å². The Morgan fingerprint density at radius 1 is 0.767 bits per heavy atom. The van der Waals surface area contributed by atoms with Gasteiger partial charge in [0.25, 0.3) is 10.0 Å². The van der Waals surface area contributed by atoms with Gasteiger partial charge in [0.05, 0.1) is 16.6 Å². The van der Waals surface area contributed by atoms with Crippen molar-refractivity contribution < 1.29 is 8.42 Å². The van der Waals surface area contributed by atoms with Crippen LogP contribution in [0.3, 0.4) is 0 Å². The topological polar surface area (TPSA) is 37.4 Å². The number of para-hydroxylation sites is 1. The molecule has 4 aromatic rings. The summed E-state index contributed by atoms with van der Waals surface area (Å²) in [4.78, 5) is 0.353. The van der Waals surface area contributed by atoms with E-state index in [9.17, 15) is 8.42 Å². The molecule has 0 amide bonds. The Balaban J connectivity index is 1.77. The minimum Gasteiger partial charge on any atom is -0.259 e. The van der Waals surface area contributed by atoms with Crippen molar-refractivity contribution in [1.82, 2.24) is 0 Å². The van der Waals surface area contributed by atoms with Crippen molar-refractivity contribution in [2.24, 2.45) is 0 Å². The second-order valence-corrected chi connectivity index (χ2v) is 9.68. The minimum absolute atomic E-state index is 0.250. The molecular formula is C26H23NO2S. The van der Waals surface area contributed by atoms with Gasteiger partial charge in [-0.2, -0.15) is 0 Å². The highest BCUT2D eigenvalue weighted by Gasteiger charge is 2.39. The summed E-state index contributed by atoms with van der Waals surface area (Å²) in [6.45, 7) is 2.18. The van der Waals surface area contributed by atoms with E-state index >= 15 is 0 Å². The van der Waals surface area contributed by atoms with E-state index in [1.807, 2.05) is 91.0 Å². The second kappa shape index (κ2) is 7.29. The normalized spacial score (nSPS) is 18.9. The molecule has 2 atom stereocenters. The van der Waals surface area contributed by atoms with Gasteiger partial charge in [-0.1, -0.05) is 91.9 Å². The molecule has 0 fully saturated rings. The van der Waals surface area contributed by atoms with E-state index in [4.69, 9.17) is 0 Å². The Bertz CT molecular complexity index is 1310. The summed E-state index contributed by atoms with van der Waals surface area (Å²) >= 11 is 0. The van der Waals surface area contributed by atoms with Crippen LogP contribution in [0.4, 0.5) is 5.69 Å². The standard InChI is InChI=1S/C26H23NO2S/c1-19-18-25(21-11-3-2-4-12-21)27(24-16-8-7-14-22(19)24)30(28,29)26-17-9-13-20-10-5-6-15-23(20)26/h2-17,19,25H,18H2,1H3/t19-,25-/m0/s1. The summed E-state index contributed by atoms with van der Waals surface area (Å²) in [7, 11) is -3.79. The number of nitrogens with zero attached hydrogens (tertiary/aromatic N) is 1. The van der Waals surface area contributed by atoms with Gasteiger partial charge in [-0.15, -0.1) is 0 Å². The van der Waals surface area contributed by atoms with Crippen molar-refractivity contribution in [3.63, 3.8) is 0 Å². The zero-order chi connectivity index (χ0) is 20.7. The number of rotatable bonds is 3. The number of anilines is 1. The average molecular weight is 414 g/mol. The molecule has 150 valence electrons. The maximum absolute atomic E-state index is 14.2. The first-order valence-corrected chi connectivity index (χ1v) is 11.7. The lowest BCUT2D eigenvalue weighted by atomic mass is 9.86. The fourth-order valence-electron chi connectivity index (χ4n) is 4.60. The summed E-state index contributed by atoms with van der Waals surface area (Å²) < 4.78 is 30.0. The fraction of sp³-hybridized carbons (Fsp3) is 0.154. The van der Waals surface area contributed by atoms with Crippen LogP contribution in [0.1, 0.15) is 36.4 Å². The highest BCUT2D eigenvalue weighted by Crippen LogP contribution is 2.47. The van der Waals surface area contributed by atoms with E-state index in [0.717, 1.165) is 34.0 Å². The summed E-state index contributed by atoms with van der Waals surface area (Å²) in [6, 6.07) is 30.8. The first-order valence-electron chi connectivity index (χ1n) is 10.2. The Morgan fingerprint density at radius 3 is 2.27 bits per heavy atom. The minimum atomic E-state index is -3.79. The quantitative estimate of drug-likeness (QED) is 0.396. The molecule has 1 aliphatic rings. The molecule has 0 N–H and O–H groups in total. The summed E-state index contributed by atoms with van der Waals surface area (Å²) in [5, 5.41) is 1.68. The summed E-state index contributed by atoms with van der Waals surface area (Å²) in [5.74, 6) is 0.269. The third kappa shape index (κ3) is 2.99. The third-order valence-electron chi connectivity index (χ3n) is 6.04. The van der Waals surface area contributed by atoms with Crippen LogP contribution in [0, 0.1) is 0 Å². The van der Waals surface area contributed by atoms with Crippen LogP contribution in [-0.4, -0.2) is 8.42 Å². The smallest absolute Gasteiger partial charge is 0.259 e. The van der Waals surface area contributed by atoms with Gasteiger partial charge < -0.3 is 0 Å². The number of hydrogen-bond acceptors (Lipinski definition) is 2. The number of fused-ring (bicyclic) bond motifs is 2. The molecular weight excluding hydrogens is 390 g/mol. The Kier molecular flexibility index (Phi) is 4.59. The van der Waals surface area contributed by atoms with Crippen molar-refractivity contribution in [3.05, 3.63) is 108 Å². The second-order valence-electron chi connectivity index (χ2n) is 7.90. The van der Waals surface area contributed by atoms with Crippen LogP contribution in [0.25, 0.3) is 10.8 Å². The van der Waals surface area contributed by atoms with Gasteiger partial charge in [-0.25, -0.2) is 8.42 Å². The van der Waals surface area contributed by atoms with Crippen molar-refractivity contribution in [2.75, 3.05) is 4.31 Å². The average Bonchev–Trinajstić information content (AvgIpc) is 2.79. The van der Waals surface area contributed by atoms with E-state index in [0.29, 0.717) is 4.90 Å². The summed E-state index contributed by atoms with van der Waals surface area (Å²) in [5.41, 5.74) is 2.87. The molecule has 4 aromatic carbocycles. The van der Waals surface area contributed by atoms with Crippen molar-refractivity contribution in [3.8, 4) is 0 Å². The number of hydrogen-bond donors (Lipinski definition) is 0. The molecule has 30 heavy (non-hydrogen) atoms. The van der Waals surface area contributed by atoms with Crippen LogP contribution >= 0.6 is 0 Å². The highest BCUT2D eigenvalue weighted by atomic mass is 32.2. The summed E-state index contributed by atoms with van der Waals surface area (Å²) in [6.07, 6.45) is 0.741. The largest absolute Gasteiger partial charge is 0.265 e. The molecule has 0 saturated carbocycles. The lowest BCUT2D eigenvalue weighted by molar-refractivity contribution is 0.523.